The summed E-state index contributed by atoms with van der Waals surface area (Å²) in [6.45, 7) is 0. The second kappa shape index (κ2) is 5.67. The van der Waals surface area contributed by atoms with Crippen molar-refractivity contribution in [2.24, 2.45) is 0 Å². The molecule has 0 amide bonds. The summed E-state index contributed by atoms with van der Waals surface area (Å²) in [4.78, 5) is 19.7. The number of carbonyl (C=O) groups excluding carboxylic acids is 1. The van der Waals surface area contributed by atoms with E-state index in [1.165, 1.54) is 0 Å². The number of carboxylic acids is 1. The molecule has 0 rings (SSSR count). The van der Waals surface area contributed by atoms with Crippen LogP contribution in [-0.2, 0) is 14.3 Å². The monoisotopic (exact) mass is 126 g/mol. The summed E-state index contributed by atoms with van der Waals surface area (Å²) in [7, 11) is 1.14. The van der Waals surface area contributed by atoms with Crippen molar-refractivity contribution < 1.29 is 19.4 Å². The number of carboxylic acid groups (broad SMARTS) is 1. The van der Waals surface area contributed by atoms with Gasteiger partial charge < -0.3 is 9.84 Å². The van der Waals surface area contributed by atoms with Gasteiger partial charge in [-0.25, -0.2) is 0 Å². The third kappa shape index (κ3) is 7.54. The Labute approximate surface area is 64.4 Å². The Hall–Kier alpha value is -0.463. The van der Waals surface area contributed by atoms with Crippen LogP contribution in [0, 0.1) is 0 Å². The van der Waals surface area contributed by atoms with Crippen molar-refractivity contribution in [3.05, 3.63) is 0 Å². The molecule has 0 aliphatic rings. The molecule has 5 heteroatoms. The van der Waals surface area contributed by atoms with E-state index < -0.39 is 18.4 Å². The number of methoxy groups -OCH3 is 1. The normalized spacial score (nSPS) is 7.22. The van der Waals surface area contributed by atoms with Gasteiger partial charge in [0.05, 0.1) is 7.11 Å². The first-order valence-electron chi connectivity index (χ1n) is 1.95. The van der Waals surface area contributed by atoms with E-state index in [1.807, 2.05) is 0 Å². The van der Waals surface area contributed by atoms with Crippen LogP contribution in [0.3, 0.4) is 0 Å². The van der Waals surface area contributed by atoms with Gasteiger partial charge in [0.2, 0.25) is 0 Å². The van der Waals surface area contributed by atoms with Crippen LogP contribution in [0.2, 0.25) is 0 Å². The van der Waals surface area contributed by atoms with Gasteiger partial charge in [0.1, 0.15) is 6.42 Å². The molecule has 0 saturated heterocycles. The molecule has 0 heterocycles. The molecule has 48 valence electrons. The molecule has 0 aromatic rings. The van der Waals surface area contributed by atoms with Gasteiger partial charge in [-0.3, -0.25) is 9.59 Å². The van der Waals surface area contributed by atoms with Crippen LogP contribution in [0.5, 0.6) is 0 Å². The van der Waals surface area contributed by atoms with Crippen molar-refractivity contribution in [1.82, 2.24) is 0 Å². The molecule has 9 heavy (non-hydrogen) atoms. The Morgan fingerprint density at radius 2 is 2.00 bits per heavy atom. The summed E-state index contributed by atoms with van der Waals surface area (Å²) in [5, 5.41) is 7.91. The van der Waals surface area contributed by atoms with Gasteiger partial charge >= 0.3 is 30.8 Å². The molecule has 0 aromatic heterocycles. The van der Waals surface area contributed by atoms with Crippen LogP contribution < -0.4 is 0 Å². The summed E-state index contributed by atoms with van der Waals surface area (Å²) >= 11 is 0. The van der Waals surface area contributed by atoms with E-state index in [2.05, 4.69) is 4.74 Å². The molecule has 1 N–H and O–H groups in total. The summed E-state index contributed by atoms with van der Waals surface area (Å²) < 4.78 is 4.04. The first-order chi connectivity index (χ1) is 3.66. The average molecular weight is 126 g/mol. The summed E-state index contributed by atoms with van der Waals surface area (Å²) in [6, 6.07) is 0. The van der Waals surface area contributed by atoms with E-state index in [0.717, 1.165) is 7.11 Å². The van der Waals surface area contributed by atoms with Crippen molar-refractivity contribution in [3.63, 3.8) is 0 Å². The molecule has 0 aliphatic heterocycles. The van der Waals surface area contributed by atoms with Gasteiger partial charge in [-0.05, 0) is 0 Å². The first kappa shape index (κ1) is 11.3. The molecule has 0 aromatic carbocycles. The Morgan fingerprint density at radius 1 is 1.56 bits per heavy atom. The van der Waals surface area contributed by atoms with Crippen molar-refractivity contribution in [1.29, 1.82) is 0 Å². The summed E-state index contributed by atoms with van der Waals surface area (Å²) in [5.74, 6) is -1.89. The van der Waals surface area contributed by atoms with Crippen LogP contribution >= 0.6 is 0 Å². The van der Waals surface area contributed by atoms with Gasteiger partial charge in [0.15, 0.2) is 0 Å². The fraction of sp³-hybridized carbons (Fsp3) is 0.500. The van der Waals surface area contributed by atoms with Crippen LogP contribution in [0.4, 0.5) is 0 Å². The van der Waals surface area contributed by atoms with Crippen molar-refractivity contribution >= 4 is 30.8 Å². The first-order valence-corrected chi connectivity index (χ1v) is 1.95. The van der Waals surface area contributed by atoms with Gasteiger partial charge in [-0.15, -0.1) is 0 Å². The van der Waals surface area contributed by atoms with E-state index >= 15 is 0 Å². The van der Waals surface area contributed by atoms with E-state index in [0.29, 0.717) is 0 Å². The second-order valence-corrected chi connectivity index (χ2v) is 1.15. The van der Waals surface area contributed by atoms with Crippen molar-refractivity contribution in [2.45, 2.75) is 6.42 Å². The second-order valence-electron chi connectivity index (χ2n) is 1.15. The molecule has 0 spiro atoms. The minimum atomic E-state index is -1.17. The fourth-order valence-electron chi connectivity index (χ4n) is 0.196. The van der Waals surface area contributed by atoms with Crippen LogP contribution in [0.15, 0.2) is 0 Å². The standard InChI is InChI=1S/C4H6O4.Li.H/c1-8-4(7)2-3(5)6;;/h2H2,1H3,(H,5,6);;. The molecule has 4 nitrogen and oxygen atoms in total. The molecule has 0 fully saturated rings. The van der Waals surface area contributed by atoms with Crippen LogP contribution in [0.1, 0.15) is 6.42 Å². The Balaban J connectivity index is 0. The molecule has 0 atom stereocenters. The Morgan fingerprint density at radius 3 is 2.11 bits per heavy atom. The number of rotatable bonds is 2. The number of aliphatic carboxylic acids is 1. The molecular formula is C4H7LiO4. The zero-order valence-corrected chi connectivity index (χ0v) is 4.38. The summed E-state index contributed by atoms with van der Waals surface area (Å²) in [5.41, 5.74) is 0. The number of carbonyl (C=O) groups is 2. The van der Waals surface area contributed by atoms with Crippen molar-refractivity contribution in [3.8, 4) is 0 Å². The molecule has 0 radical (unpaired) electrons. The molecule has 0 saturated carbocycles. The van der Waals surface area contributed by atoms with Crippen LogP contribution in [-0.4, -0.2) is 43.0 Å². The quantitative estimate of drug-likeness (QED) is 0.292. The molecule has 0 bridgehead atoms. The van der Waals surface area contributed by atoms with Crippen molar-refractivity contribution in [2.75, 3.05) is 7.11 Å². The zero-order chi connectivity index (χ0) is 6.57. The van der Waals surface area contributed by atoms with Gasteiger partial charge in [-0.2, -0.15) is 0 Å². The molecule has 0 unspecified atom stereocenters. The minimum absolute atomic E-state index is 0. The summed E-state index contributed by atoms with van der Waals surface area (Å²) in [6.07, 6.45) is -0.559. The van der Waals surface area contributed by atoms with Crippen LogP contribution in [0.25, 0.3) is 0 Å². The number of hydrogen-bond donors (Lipinski definition) is 1. The predicted molar refractivity (Wildman–Crippen MR) is 31.4 cm³/mol. The topological polar surface area (TPSA) is 63.6 Å². The maximum atomic E-state index is 10.0. The van der Waals surface area contributed by atoms with Gasteiger partial charge in [-0.1, -0.05) is 0 Å². The Bertz CT molecular complexity index is 111. The predicted octanol–water partition coefficient (Wildman–Crippen LogP) is -1.01. The zero-order valence-electron chi connectivity index (χ0n) is 4.38. The van der Waals surface area contributed by atoms with E-state index in [-0.39, 0.29) is 18.9 Å². The Kier molecular flexibility index (Phi) is 7.15. The third-order valence-electron chi connectivity index (χ3n) is 0.523. The third-order valence-corrected chi connectivity index (χ3v) is 0.523. The SMILES string of the molecule is COC(=O)CC(=O)O.[LiH]. The maximum absolute atomic E-state index is 10.0. The molecule has 0 aliphatic carbocycles. The fourth-order valence-corrected chi connectivity index (χ4v) is 0.196. The average Bonchev–Trinajstić information content (AvgIpc) is 1.65. The van der Waals surface area contributed by atoms with E-state index in [1.54, 1.807) is 0 Å². The van der Waals surface area contributed by atoms with Gasteiger partial charge in [0, 0.05) is 0 Å². The number of esters is 1. The van der Waals surface area contributed by atoms with E-state index in [4.69, 9.17) is 5.11 Å². The van der Waals surface area contributed by atoms with Gasteiger partial charge in [0.25, 0.3) is 0 Å². The number of hydrogen-bond acceptors (Lipinski definition) is 3. The molecular weight excluding hydrogens is 119 g/mol. The number of ether oxygens (including phenoxy) is 1. The van der Waals surface area contributed by atoms with E-state index in [9.17, 15) is 9.59 Å².